The molecule has 4 heterocycles. The average Bonchev–Trinajstić information content (AvgIpc) is 3.47. The highest BCUT2D eigenvalue weighted by Gasteiger charge is 2.45. The number of aromatic nitrogens is 4. The fourth-order valence-corrected chi connectivity index (χ4v) is 4.15. The van der Waals surface area contributed by atoms with Crippen LogP contribution in [0.25, 0.3) is 5.65 Å². The fourth-order valence-electron chi connectivity index (χ4n) is 4.15. The van der Waals surface area contributed by atoms with Crippen LogP contribution in [0.4, 0.5) is 16.0 Å². The van der Waals surface area contributed by atoms with E-state index in [1.807, 2.05) is 6.92 Å². The van der Waals surface area contributed by atoms with Gasteiger partial charge in [0.15, 0.2) is 11.5 Å². The molecule has 0 bridgehead atoms. The van der Waals surface area contributed by atoms with Crippen LogP contribution in [0.5, 0.6) is 5.88 Å². The minimum atomic E-state index is -0.517. The summed E-state index contributed by atoms with van der Waals surface area (Å²) >= 11 is 0. The van der Waals surface area contributed by atoms with Crippen molar-refractivity contribution in [3.05, 3.63) is 41.7 Å². The molecule has 2 fully saturated rings. The highest BCUT2D eigenvalue weighted by molar-refractivity contribution is 6.05. The summed E-state index contributed by atoms with van der Waals surface area (Å²) in [5, 5.41) is 6.21. The first-order valence-electron chi connectivity index (χ1n) is 10.9. The molecule has 9 nitrogen and oxygen atoms in total. The van der Waals surface area contributed by atoms with Gasteiger partial charge in [-0.25, -0.2) is 14.4 Å². The minimum Gasteiger partial charge on any atom is -0.477 e. The maximum Gasteiger partial charge on any atom is 0.262 e. The summed E-state index contributed by atoms with van der Waals surface area (Å²) in [6, 6.07) is 1.24. The number of ether oxygens (including phenoxy) is 1. The van der Waals surface area contributed by atoms with E-state index in [1.54, 1.807) is 23.7 Å². The second-order valence-corrected chi connectivity index (χ2v) is 8.56. The number of fused-ring (bicyclic) bond motifs is 1. The molecule has 1 aliphatic carbocycles. The Morgan fingerprint density at radius 3 is 2.97 bits per heavy atom. The van der Waals surface area contributed by atoms with E-state index < -0.39 is 11.7 Å². The third kappa shape index (κ3) is 3.97. The second kappa shape index (κ2) is 8.01. The van der Waals surface area contributed by atoms with Crippen LogP contribution < -0.4 is 20.3 Å². The van der Waals surface area contributed by atoms with E-state index in [4.69, 9.17) is 4.74 Å². The van der Waals surface area contributed by atoms with E-state index in [1.165, 1.54) is 25.1 Å². The van der Waals surface area contributed by atoms with Gasteiger partial charge in [0.2, 0.25) is 11.8 Å². The van der Waals surface area contributed by atoms with E-state index in [0.717, 1.165) is 26.2 Å². The van der Waals surface area contributed by atoms with E-state index in [9.17, 15) is 9.18 Å². The highest BCUT2D eigenvalue weighted by atomic mass is 19.1. The molecule has 10 heteroatoms. The van der Waals surface area contributed by atoms with Crippen molar-refractivity contribution in [2.75, 3.05) is 43.0 Å². The Kier molecular flexibility index (Phi) is 5.16. The molecular formula is C22H26FN7O2. The number of imidazole rings is 1. The molecule has 2 N–H and O–H groups in total. The molecule has 0 unspecified atom stereocenters. The van der Waals surface area contributed by atoms with Gasteiger partial charge in [0.25, 0.3) is 5.91 Å². The van der Waals surface area contributed by atoms with Crippen LogP contribution in [0.15, 0.2) is 24.7 Å². The average molecular weight is 439 g/mol. The van der Waals surface area contributed by atoms with Crippen molar-refractivity contribution in [1.82, 2.24) is 24.7 Å². The number of nitrogens with one attached hydrogen (secondary N) is 2. The van der Waals surface area contributed by atoms with Crippen LogP contribution in [-0.2, 0) is 0 Å². The molecule has 0 aromatic carbocycles. The Balaban J connectivity index is 1.40. The number of aryl methyl sites for hydroxylation is 1. The Morgan fingerprint density at radius 2 is 2.19 bits per heavy atom. The zero-order valence-electron chi connectivity index (χ0n) is 18.2. The van der Waals surface area contributed by atoms with E-state index >= 15 is 0 Å². The first-order chi connectivity index (χ1) is 15.5. The molecule has 2 aliphatic rings. The van der Waals surface area contributed by atoms with Crippen molar-refractivity contribution in [2.24, 2.45) is 5.41 Å². The van der Waals surface area contributed by atoms with Crippen molar-refractivity contribution >= 4 is 23.2 Å². The molecule has 168 valence electrons. The lowest BCUT2D eigenvalue weighted by molar-refractivity contribution is 0.102. The minimum absolute atomic E-state index is 0.201. The Labute approximate surface area is 185 Å². The van der Waals surface area contributed by atoms with Crippen molar-refractivity contribution in [1.29, 1.82) is 0 Å². The number of carbonyl (C=O) groups is 1. The molecule has 3 aromatic heterocycles. The van der Waals surface area contributed by atoms with Crippen molar-refractivity contribution in [2.45, 2.75) is 26.7 Å². The second-order valence-electron chi connectivity index (χ2n) is 8.56. The fraction of sp³-hybridized carbons (Fsp3) is 0.455. The number of amides is 1. The molecule has 3 aromatic rings. The van der Waals surface area contributed by atoms with E-state index in [-0.39, 0.29) is 17.1 Å². The predicted octanol–water partition coefficient (Wildman–Crippen LogP) is 2.41. The van der Waals surface area contributed by atoms with Crippen LogP contribution >= 0.6 is 0 Å². The first-order valence-corrected chi connectivity index (χ1v) is 10.9. The van der Waals surface area contributed by atoms with Crippen molar-refractivity contribution < 1.29 is 13.9 Å². The van der Waals surface area contributed by atoms with E-state index in [2.05, 4.69) is 30.5 Å². The topological polar surface area (TPSA) is 96.7 Å². The number of nitrogens with zero attached hydrogens (tertiary/aromatic N) is 5. The molecule has 5 rings (SSSR count). The number of pyridine rings is 1. The van der Waals surface area contributed by atoms with Crippen LogP contribution in [0.1, 0.15) is 35.8 Å². The predicted molar refractivity (Wildman–Crippen MR) is 118 cm³/mol. The molecule has 1 amide bonds. The molecule has 32 heavy (non-hydrogen) atoms. The molecule has 1 aliphatic heterocycles. The van der Waals surface area contributed by atoms with Crippen molar-refractivity contribution in [3.63, 3.8) is 0 Å². The number of hydrogen-bond acceptors (Lipinski definition) is 7. The zero-order chi connectivity index (χ0) is 22.3. The van der Waals surface area contributed by atoms with Crippen molar-refractivity contribution in [3.8, 4) is 5.88 Å². The van der Waals surface area contributed by atoms with Gasteiger partial charge < -0.3 is 24.7 Å². The lowest BCUT2D eigenvalue weighted by atomic mass is 10.1. The Morgan fingerprint density at radius 1 is 1.34 bits per heavy atom. The molecule has 1 saturated carbocycles. The lowest BCUT2D eigenvalue weighted by Gasteiger charge is -2.24. The summed E-state index contributed by atoms with van der Waals surface area (Å²) < 4.78 is 21.6. The van der Waals surface area contributed by atoms with Crippen LogP contribution in [-0.4, -0.2) is 58.0 Å². The number of rotatable bonds is 5. The quantitative estimate of drug-likeness (QED) is 0.630. The number of carbonyl (C=O) groups excluding carboxylic acids is 1. The van der Waals surface area contributed by atoms with Gasteiger partial charge in [0.05, 0.1) is 18.0 Å². The van der Waals surface area contributed by atoms with Gasteiger partial charge in [-0.05, 0) is 26.7 Å². The maximum absolute atomic E-state index is 14.4. The Hall–Kier alpha value is -3.27. The van der Waals surface area contributed by atoms with E-state index in [0.29, 0.717) is 29.4 Å². The SMILES string of the molecule is CCOc1nc(N2CCNCC3(CC3)C2)ncc1C(=O)Nc1cc(F)c2nc(C)cn2c1. The number of halogens is 1. The summed E-state index contributed by atoms with van der Waals surface area (Å²) in [4.78, 5) is 28.3. The summed E-state index contributed by atoms with van der Waals surface area (Å²) in [6.07, 6.45) is 7.20. The van der Waals surface area contributed by atoms with Crippen LogP contribution in [0, 0.1) is 18.2 Å². The Bertz CT molecular complexity index is 1170. The largest absolute Gasteiger partial charge is 0.477 e. The number of hydrogen-bond donors (Lipinski definition) is 2. The third-order valence-electron chi connectivity index (χ3n) is 5.98. The summed E-state index contributed by atoms with van der Waals surface area (Å²) in [5.74, 6) is -0.207. The molecule has 1 spiro atoms. The first kappa shape index (κ1) is 20.6. The normalized spacial score (nSPS) is 17.4. The van der Waals surface area contributed by atoms with Gasteiger partial charge in [-0.2, -0.15) is 4.98 Å². The lowest BCUT2D eigenvalue weighted by Crippen LogP contribution is -2.32. The zero-order valence-corrected chi connectivity index (χ0v) is 18.2. The van der Waals surface area contributed by atoms with Gasteiger partial charge in [-0.1, -0.05) is 0 Å². The molecule has 0 radical (unpaired) electrons. The van der Waals surface area contributed by atoms with Crippen LogP contribution in [0.2, 0.25) is 0 Å². The van der Waals surface area contributed by atoms with Gasteiger partial charge in [-0.15, -0.1) is 0 Å². The summed E-state index contributed by atoms with van der Waals surface area (Å²) in [6.45, 7) is 7.53. The molecule has 1 saturated heterocycles. The standard InChI is InChI=1S/C22H26FN7O2/c1-3-32-20-16(9-25-21(28-20)29-7-6-24-12-22(13-29)4-5-22)19(31)27-15-8-17(23)18-26-14(2)10-30(18)11-15/h8-11,24H,3-7,12-13H2,1-2H3,(H,27,31). The van der Waals surface area contributed by atoms with Gasteiger partial charge in [0, 0.05) is 56.3 Å². The third-order valence-corrected chi connectivity index (χ3v) is 5.98. The maximum atomic E-state index is 14.4. The smallest absolute Gasteiger partial charge is 0.262 e. The summed E-state index contributed by atoms with van der Waals surface area (Å²) in [5.41, 5.74) is 1.70. The van der Waals surface area contributed by atoms with Gasteiger partial charge >= 0.3 is 0 Å². The summed E-state index contributed by atoms with van der Waals surface area (Å²) in [7, 11) is 0. The van der Waals surface area contributed by atoms with Gasteiger partial charge in [0.1, 0.15) is 5.56 Å². The molecular weight excluding hydrogens is 413 g/mol. The highest BCUT2D eigenvalue weighted by Crippen LogP contribution is 2.46. The van der Waals surface area contributed by atoms with Gasteiger partial charge in [-0.3, -0.25) is 4.79 Å². The monoisotopic (exact) mass is 439 g/mol. The molecule has 0 atom stereocenters. The number of anilines is 2. The van der Waals surface area contributed by atoms with Crippen LogP contribution in [0.3, 0.4) is 0 Å².